The highest BCUT2D eigenvalue weighted by molar-refractivity contribution is 5.83. The molecule has 3 amide bonds. The van der Waals surface area contributed by atoms with Crippen LogP contribution in [-0.4, -0.2) is 35.6 Å². The summed E-state index contributed by atoms with van der Waals surface area (Å²) in [5.74, 6) is -1.46. The highest BCUT2D eigenvalue weighted by Crippen LogP contribution is 1.99. The van der Waals surface area contributed by atoms with E-state index in [1.54, 1.807) is 0 Å². The molecule has 2 unspecified atom stereocenters. The monoisotopic (exact) mass is 259 g/mol. The summed E-state index contributed by atoms with van der Waals surface area (Å²) in [6.07, 6.45) is 0.828. The molecule has 0 saturated carbocycles. The predicted molar refractivity (Wildman–Crippen MR) is 65.8 cm³/mol. The number of nitrogens with two attached hydrogens (primary N) is 1. The standard InChI is InChI=1S/C11H21N3O4/c1-3-7(2)6-13-11(18)14-8(10(16)17)4-5-9(12)15/h7-8H,3-6H2,1-2H3,(H2,12,15)(H,16,17)(H2,13,14,18). The maximum atomic E-state index is 11.4. The van der Waals surface area contributed by atoms with E-state index in [1.165, 1.54) is 0 Å². The third-order valence-corrected chi connectivity index (χ3v) is 2.59. The number of hydrogen-bond acceptors (Lipinski definition) is 3. The van der Waals surface area contributed by atoms with E-state index in [0.717, 1.165) is 6.42 Å². The van der Waals surface area contributed by atoms with Crippen molar-refractivity contribution in [2.75, 3.05) is 6.54 Å². The molecular formula is C11H21N3O4. The molecule has 0 bridgehead atoms. The van der Waals surface area contributed by atoms with Crippen molar-refractivity contribution in [2.45, 2.75) is 39.2 Å². The van der Waals surface area contributed by atoms with Gasteiger partial charge in [-0.05, 0) is 12.3 Å². The lowest BCUT2D eigenvalue weighted by Crippen LogP contribution is -2.47. The first kappa shape index (κ1) is 16.2. The van der Waals surface area contributed by atoms with E-state index in [-0.39, 0.29) is 12.8 Å². The molecule has 0 aromatic heterocycles. The van der Waals surface area contributed by atoms with Crippen LogP contribution < -0.4 is 16.4 Å². The van der Waals surface area contributed by atoms with E-state index in [2.05, 4.69) is 10.6 Å². The molecule has 0 aliphatic rings. The predicted octanol–water partition coefficient (Wildman–Crippen LogP) is 0.0504. The van der Waals surface area contributed by atoms with E-state index in [4.69, 9.17) is 10.8 Å². The Morgan fingerprint density at radius 3 is 2.39 bits per heavy atom. The third-order valence-electron chi connectivity index (χ3n) is 2.59. The maximum absolute atomic E-state index is 11.4. The molecule has 0 radical (unpaired) electrons. The van der Waals surface area contributed by atoms with Crippen LogP contribution in [0.2, 0.25) is 0 Å². The van der Waals surface area contributed by atoms with Gasteiger partial charge in [0.2, 0.25) is 5.91 Å². The van der Waals surface area contributed by atoms with Crippen molar-refractivity contribution in [3.63, 3.8) is 0 Å². The number of carbonyl (C=O) groups excluding carboxylic acids is 2. The Labute approximate surface area is 106 Å². The summed E-state index contributed by atoms with van der Waals surface area (Å²) >= 11 is 0. The summed E-state index contributed by atoms with van der Waals surface area (Å²) in [4.78, 5) is 32.8. The Hall–Kier alpha value is -1.79. The number of rotatable bonds is 8. The summed E-state index contributed by atoms with van der Waals surface area (Å²) in [5, 5.41) is 13.7. The minimum Gasteiger partial charge on any atom is -0.480 e. The first-order valence-corrected chi connectivity index (χ1v) is 5.92. The topological polar surface area (TPSA) is 122 Å². The number of carboxylic acids is 1. The zero-order valence-corrected chi connectivity index (χ0v) is 10.7. The zero-order valence-electron chi connectivity index (χ0n) is 10.7. The average Bonchev–Trinajstić information content (AvgIpc) is 2.30. The van der Waals surface area contributed by atoms with Crippen molar-refractivity contribution >= 4 is 17.9 Å². The van der Waals surface area contributed by atoms with Crippen LogP contribution in [-0.2, 0) is 9.59 Å². The summed E-state index contributed by atoms with van der Waals surface area (Å²) in [6.45, 7) is 4.45. The van der Waals surface area contributed by atoms with Gasteiger partial charge < -0.3 is 21.5 Å². The van der Waals surface area contributed by atoms with E-state index >= 15 is 0 Å². The molecule has 2 atom stereocenters. The van der Waals surface area contributed by atoms with Crippen molar-refractivity contribution in [1.29, 1.82) is 0 Å². The second-order valence-electron chi connectivity index (χ2n) is 4.26. The fourth-order valence-electron chi connectivity index (χ4n) is 1.16. The molecule has 5 N–H and O–H groups in total. The van der Waals surface area contributed by atoms with Gasteiger partial charge in [0.25, 0.3) is 0 Å². The van der Waals surface area contributed by atoms with Crippen molar-refractivity contribution in [2.24, 2.45) is 11.7 Å². The second kappa shape index (κ2) is 8.32. The first-order valence-electron chi connectivity index (χ1n) is 5.92. The number of urea groups is 1. The fourth-order valence-corrected chi connectivity index (χ4v) is 1.16. The molecular weight excluding hydrogens is 238 g/mol. The summed E-state index contributed by atoms with van der Waals surface area (Å²) in [6, 6.07) is -1.65. The van der Waals surface area contributed by atoms with Gasteiger partial charge in [0, 0.05) is 13.0 Å². The van der Waals surface area contributed by atoms with Gasteiger partial charge in [-0.3, -0.25) is 4.79 Å². The normalized spacial score (nSPS) is 13.4. The van der Waals surface area contributed by atoms with Crippen molar-refractivity contribution in [1.82, 2.24) is 10.6 Å². The molecule has 7 nitrogen and oxygen atoms in total. The average molecular weight is 259 g/mol. The lowest BCUT2D eigenvalue weighted by Gasteiger charge is -2.16. The van der Waals surface area contributed by atoms with E-state index in [0.29, 0.717) is 12.5 Å². The molecule has 0 saturated heterocycles. The third kappa shape index (κ3) is 7.48. The van der Waals surface area contributed by atoms with E-state index in [9.17, 15) is 14.4 Å². The smallest absolute Gasteiger partial charge is 0.326 e. The summed E-state index contributed by atoms with van der Waals surface area (Å²) in [5.41, 5.74) is 4.93. The Balaban J connectivity index is 4.11. The Morgan fingerprint density at radius 2 is 1.94 bits per heavy atom. The second-order valence-corrected chi connectivity index (χ2v) is 4.26. The first-order chi connectivity index (χ1) is 8.36. The van der Waals surface area contributed by atoms with Gasteiger partial charge in [0.1, 0.15) is 6.04 Å². The highest BCUT2D eigenvalue weighted by atomic mass is 16.4. The number of primary amides is 1. The highest BCUT2D eigenvalue weighted by Gasteiger charge is 2.20. The molecule has 0 aliphatic carbocycles. The van der Waals surface area contributed by atoms with Crippen molar-refractivity contribution in [3.05, 3.63) is 0 Å². The van der Waals surface area contributed by atoms with Crippen LogP contribution >= 0.6 is 0 Å². The molecule has 7 heteroatoms. The van der Waals surface area contributed by atoms with Crippen LogP contribution in [0.5, 0.6) is 0 Å². The van der Waals surface area contributed by atoms with Crippen LogP contribution in [0, 0.1) is 5.92 Å². The van der Waals surface area contributed by atoms with Gasteiger partial charge in [-0.1, -0.05) is 20.3 Å². The quantitative estimate of drug-likeness (QED) is 0.492. The molecule has 0 aromatic carbocycles. The molecule has 0 rings (SSSR count). The van der Waals surface area contributed by atoms with Crippen LogP contribution in [0.25, 0.3) is 0 Å². The Morgan fingerprint density at radius 1 is 1.33 bits per heavy atom. The number of aliphatic carboxylic acids is 1. The largest absolute Gasteiger partial charge is 0.480 e. The van der Waals surface area contributed by atoms with Gasteiger partial charge in [0.15, 0.2) is 0 Å². The molecule has 18 heavy (non-hydrogen) atoms. The molecule has 0 heterocycles. The lowest BCUT2D eigenvalue weighted by molar-refractivity contribution is -0.139. The van der Waals surface area contributed by atoms with Gasteiger partial charge in [-0.2, -0.15) is 0 Å². The zero-order chi connectivity index (χ0) is 14.1. The molecule has 0 spiro atoms. The van der Waals surface area contributed by atoms with Crippen LogP contribution in [0.3, 0.4) is 0 Å². The van der Waals surface area contributed by atoms with Gasteiger partial charge in [0.05, 0.1) is 0 Å². The number of carboxylic acid groups (broad SMARTS) is 1. The fraction of sp³-hybridized carbons (Fsp3) is 0.727. The van der Waals surface area contributed by atoms with E-state index in [1.807, 2.05) is 13.8 Å². The summed E-state index contributed by atoms with van der Waals surface area (Å²) < 4.78 is 0. The van der Waals surface area contributed by atoms with Crippen LogP contribution in [0.15, 0.2) is 0 Å². The number of nitrogens with one attached hydrogen (secondary N) is 2. The van der Waals surface area contributed by atoms with E-state index < -0.39 is 23.9 Å². The van der Waals surface area contributed by atoms with Gasteiger partial charge in [-0.25, -0.2) is 9.59 Å². The van der Waals surface area contributed by atoms with Crippen LogP contribution in [0.1, 0.15) is 33.1 Å². The SMILES string of the molecule is CCC(C)CNC(=O)NC(CCC(N)=O)C(=O)O. The van der Waals surface area contributed by atoms with Gasteiger partial charge in [-0.15, -0.1) is 0 Å². The minimum atomic E-state index is -1.19. The number of amides is 3. The minimum absolute atomic E-state index is 0.0125. The van der Waals surface area contributed by atoms with Crippen molar-refractivity contribution < 1.29 is 19.5 Å². The molecule has 0 aliphatic heterocycles. The lowest BCUT2D eigenvalue weighted by atomic mass is 10.1. The molecule has 0 fully saturated rings. The number of hydrogen-bond donors (Lipinski definition) is 4. The Bertz CT molecular complexity index is 307. The number of carbonyl (C=O) groups is 3. The van der Waals surface area contributed by atoms with Crippen molar-refractivity contribution in [3.8, 4) is 0 Å². The molecule has 104 valence electrons. The Kier molecular flexibility index (Phi) is 7.50. The summed E-state index contributed by atoms with van der Waals surface area (Å²) in [7, 11) is 0. The maximum Gasteiger partial charge on any atom is 0.326 e. The van der Waals surface area contributed by atoms with Crippen LogP contribution in [0.4, 0.5) is 4.79 Å². The molecule has 0 aromatic rings. The van der Waals surface area contributed by atoms with Gasteiger partial charge >= 0.3 is 12.0 Å².